The fraction of sp³-hybridized carbons (Fsp3) is 0.914. The van der Waals surface area contributed by atoms with Gasteiger partial charge in [-0.1, -0.05) is 135 Å². The highest BCUT2D eigenvalue weighted by molar-refractivity contribution is 7.47. The van der Waals surface area contributed by atoms with Crippen molar-refractivity contribution in [1.82, 2.24) is 5.32 Å². The Labute approximate surface area is 276 Å². The zero-order valence-electron chi connectivity index (χ0n) is 29.0. The highest BCUT2D eigenvalue weighted by Crippen LogP contribution is 2.43. The van der Waals surface area contributed by atoms with E-state index < -0.39 is 32.0 Å². The Kier molecular flexibility index (Phi) is 31.2. The zero-order valence-corrected chi connectivity index (χ0v) is 29.9. The normalized spacial score (nSPS) is 15.2. The Morgan fingerprint density at radius 1 is 0.733 bits per heavy atom. The molecule has 0 spiro atoms. The van der Waals surface area contributed by atoms with Crippen LogP contribution in [0.2, 0.25) is 0 Å². The SMILES string of the molecule is CCCCCCCC/C=C\CCCC(O)CC(=O)NC(COP(=O)(O)OCCN)C(O)CCCCCCCCCCCCCC. The van der Waals surface area contributed by atoms with E-state index in [1.165, 1.54) is 96.3 Å². The molecule has 0 rings (SSSR count). The Morgan fingerprint density at radius 2 is 1.22 bits per heavy atom. The summed E-state index contributed by atoms with van der Waals surface area (Å²) in [6.45, 7) is 3.99. The van der Waals surface area contributed by atoms with Crippen molar-refractivity contribution in [2.45, 2.75) is 186 Å². The first-order valence-corrected chi connectivity index (χ1v) is 19.9. The van der Waals surface area contributed by atoms with Gasteiger partial charge in [0.15, 0.2) is 0 Å². The van der Waals surface area contributed by atoms with Gasteiger partial charge in [0, 0.05) is 6.54 Å². The minimum absolute atomic E-state index is 0.0580. The van der Waals surface area contributed by atoms with Gasteiger partial charge in [0.25, 0.3) is 0 Å². The third-order valence-electron chi connectivity index (χ3n) is 8.17. The molecule has 45 heavy (non-hydrogen) atoms. The van der Waals surface area contributed by atoms with Crippen molar-refractivity contribution >= 4 is 13.7 Å². The van der Waals surface area contributed by atoms with Crippen LogP contribution in [0.1, 0.15) is 168 Å². The maximum Gasteiger partial charge on any atom is 0.472 e. The third kappa shape index (κ3) is 30.3. The molecule has 1 amide bonds. The molecular weight excluding hydrogens is 591 g/mol. The van der Waals surface area contributed by atoms with E-state index in [0.717, 1.165) is 38.5 Å². The fourth-order valence-electron chi connectivity index (χ4n) is 5.36. The van der Waals surface area contributed by atoms with Gasteiger partial charge in [-0.2, -0.15) is 0 Å². The van der Waals surface area contributed by atoms with Gasteiger partial charge < -0.3 is 26.2 Å². The van der Waals surface area contributed by atoms with Gasteiger partial charge >= 0.3 is 7.82 Å². The molecule has 0 saturated heterocycles. The number of aliphatic hydroxyl groups is 2. The van der Waals surface area contributed by atoms with Gasteiger partial charge in [-0.15, -0.1) is 0 Å². The van der Waals surface area contributed by atoms with E-state index in [-0.39, 0.29) is 26.2 Å². The van der Waals surface area contributed by atoms with Crippen molar-refractivity contribution in [2.75, 3.05) is 19.8 Å². The van der Waals surface area contributed by atoms with Crippen LogP contribution >= 0.6 is 7.82 Å². The van der Waals surface area contributed by atoms with E-state index in [9.17, 15) is 24.5 Å². The van der Waals surface area contributed by atoms with Crippen LogP contribution in [0, 0.1) is 0 Å². The van der Waals surface area contributed by atoms with Crippen LogP contribution in [0.4, 0.5) is 0 Å². The van der Waals surface area contributed by atoms with Crippen LogP contribution in [0.5, 0.6) is 0 Å². The highest BCUT2D eigenvalue weighted by Gasteiger charge is 2.28. The lowest BCUT2D eigenvalue weighted by atomic mass is 10.0. The Balaban J connectivity index is 4.44. The van der Waals surface area contributed by atoms with Crippen molar-refractivity contribution in [1.29, 1.82) is 0 Å². The summed E-state index contributed by atoms with van der Waals surface area (Å²) in [4.78, 5) is 22.6. The molecule has 0 aliphatic heterocycles. The van der Waals surface area contributed by atoms with Crippen LogP contribution in [-0.2, 0) is 18.4 Å². The second kappa shape index (κ2) is 31.8. The molecule has 0 radical (unpaired) electrons. The second-order valence-corrected chi connectivity index (χ2v) is 14.1. The van der Waals surface area contributed by atoms with Crippen LogP contribution in [-0.4, -0.2) is 59.0 Å². The number of carbonyl (C=O) groups excluding carboxylic acids is 1. The van der Waals surface area contributed by atoms with Gasteiger partial charge in [0.1, 0.15) is 0 Å². The summed E-state index contributed by atoms with van der Waals surface area (Å²) in [5.74, 6) is -0.431. The lowest BCUT2D eigenvalue weighted by Crippen LogP contribution is -2.47. The van der Waals surface area contributed by atoms with Crippen molar-refractivity contribution in [2.24, 2.45) is 5.73 Å². The summed E-state index contributed by atoms with van der Waals surface area (Å²) in [5, 5.41) is 24.0. The summed E-state index contributed by atoms with van der Waals surface area (Å²) in [5.41, 5.74) is 5.34. The Hall–Kier alpha value is -0.800. The van der Waals surface area contributed by atoms with E-state index in [4.69, 9.17) is 14.8 Å². The Bertz CT molecular complexity index is 741. The molecule has 268 valence electrons. The smallest absolute Gasteiger partial charge is 0.393 e. The average Bonchev–Trinajstić information content (AvgIpc) is 3.01. The van der Waals surface area contributed by atoms with Crippen molar-refractivity contribution < 1.29 is 33.5 Å². The van der Waals surface area contributed by atoms with E-state index in [1.54, 1.807) is 0 Å². The van der Waals surface area contributed by atoms with Crippen LogP contribution in [0.15, 0.2) is 12.2 Å². The monoisotopic (exact) mass is 662 g/mol. The number of aliphatic hydroxyl groups excluding tert-OH is 2. The number of phosphoric acid groups is 1. The summed E-state index contributed by atoms with van der Waals surface area (Å²) in [7, 11) is -4.37. The predicted octanol–water partition coefficient (Wildman–Crippen LogP) is 8.24. The molecule has 0 aromatic heterocycles. The van der Waals surface area contributed by atoms with E-state index >= 15 is 0 Å². The van der Waals surface area contributed by atoms with Gasteiger partial charge in [-0.05, 0) is 38.5 Å². The predicted molar refractivity (Wildman–Crippen MR) is 186 cm³/mol. The summed E-state index contributed by atoms with van der Waals surface area (Å²) in [6.07, 6.45) is 28.3. The quantitative estimate of drug-likeness (QED) is 0.0263. The van der Waals surface area contributed by atoms with Crippen molar-refractivity contribution in [3.8, 4) is 0 Å². The van der Waals surface area contributed by atoms with E-state index in [2.05, 4.69) is 31.3 Å². The van der Waals surface area contributed by atoms with E-state index in [1.807, 2.05) is 0 Å². The van der Waals surface area contributed by atoms with Crippen LogP contribution in [0.25, 0.3) is 0 Å². The first-order valence-electron chi connectivity index (χ1n) is 18.4. The number of allylic oxidation sites excluding steroid dienone is 2. The molecule has 6 N–H and O–H groups in total. The van der Waals surface area contributed by atoms with E-state index in [0.29, 0.717) is 12.8 Å². The number of hydrogen-bond donors (Lipinski definition) is 5. The van der Waals surface area contributed by atoms with Gasteiger partial charge in [-0.25, -0.2) is 4.57 Å². The number of nitrogens with two attached hydrogens (primary N) is 1. The minimum atomic E-state index is -4.37. The van der Waals surface area contributed by atoms with Crippen molar-refractivity contribution in [3.05, 3.63) is 12.2 Å². The van der Waals surface area contributed by atoms with Crippen LogP contribution in [0.3, 0.4) is 0 Å². The number of phosphoric ester groups is 1. The number of hydrogen-bond acceptors (Lipinski definition) is 7. The average molecular weight is 663 g/mol. The lowest BCUT2D eigenvalue weighted by molar-refractivity contribution is -0.125. The number of carbonyl (C=O) groups is 1. The maximum atomic E-state index is 12.7. The first-order chi connectivity index (χ1) is 21.8. The third-order valence-corrected chi connectivity index (χ3v) is 9.16. The fourth-order valence-corrected chi connectivity index (χ4v) is 6.12. The molecule has 0 heterocycles. The Morgan fingerprint density at radius 3 is 1.76 bits per heavy atom. The molecule has 0 aromatic rings. The minimum Gasteiger partial charge on any atom is -0.393 e. The largest absolute Gasteiger partial charge is 0.472 e. The number of unbranched alkanes of at least 4 members (excludes halogenated alkanes) is 18. The zero-order chi connectivity index (χ0) is 33.4. The standard InChI is InChI=1S/C35H71N2O7P/c1-3-5-7-9-11-13-15-17-19-21-23-25-27-34(39)33(31-44-45(41,42)43-29-28-36)37-35(40)30-32(38)26-24-22-20-18-16-14-12-10-8-6-4-2/h18,20,32-34,38-39H,3-17,19,21-31,36H2,1-2H3,(H,37,40)(H,41,42)/b20-18-. The molecule has 0 bridgehead atoms. The topological polar surface area (TPSA) is 151 Å². The molecule has 0 aliphatic rings. The molecule has 0 saturated carbocycles. The molecule has 0 aliphatic carbocycles. The van der Waals surface area contributed by atoms with Crippen LogP contribution < -0.4 is 11.1 Å². The van der Waals surface area contributed by atoms with Gasteiger partial charge in [-0.3, -0.25) is 13.8 Å². The molecule has 4 atom stereocenters. The molecule has 4 unspecified atom stereocenters. The number of amides is 1. The molecule has 0 aromatic carbocycles. The summed E-state index contributed by atoms with van der Waals surface area (Å²) in [6, 6.07) is -0.899. The maximum absolute atomic E-state index is 12.7. The summed E-state index contributed by atoms with van der Waals surface area (Å²) >= 11 is 0. The van der Waals surface area contributed by atoms with Crippen molar-refractivity contribution in [3.63, 3.8) is 0 Å². The molecule has 9 nitrogen and oxygen atoms in total. The van der Waals surface area contributed by atoms with Gasteiger partial charge in [0.05, 0.1) is 37.9 Å². The second-order valence-electron chi connectivity index (χ2n) is 12.6. The number of nitrogens with one attached hydrogen (secondary N) is 1. The van der Waals surface area contributed by atoms with Gasteiger partial charge in [0.2, 0.25) is 5.91 Å². The highest BCUT2D eigenvalue weighted by atomic mass is 31.2. The summed E-state index contributed by atoms with van der Waals surface area (Å²) < 4.78 is 22.0. The first kappa shape index (κ1) is 44.2. The molecule has 10 heteroatoms. The molecule has 0 fully saturated rings. The number of rotatable bonds is 34. The molecular formula is C35H71N2O7P. The lowest BCUT2D eigenvalue weighted by Gasteiger charge is -2.25.